The van der Waals surface area contributed by atoms with Crippen LogP contribution in [0, 0.1) is 5.82 Å². The average Bonchev–Trinajstić information content (AvgIpc) is 2.64. The monoisotopic (exact) mass is 357 g/mol. The van der Waals surface area contributed by atoms with Crippen molar-refractivity contribution in [3.8, 4) is 5.75 Å². The Balaban J connectivity index is 1.52. The number of halogens is 1. The molecule has 0 saturated carbocycles. The van der Waals surface area contributed by atoms with Gasteiger partial charge in [0.1, 0.15) is 11.6 Å². The Kier molecular flexibility index (Phi) is 6.07. The van der Waals surface area contributed by atoms with Gasteiger partial charge in [-0.1, -0.05) is 24.3 Å². The van der Waals surface area contributed by atoms with E-state index in [1.807, 2.05) is 37.3 Å². The van der Waals surface area contributed by atoms with E-state index in [-0.39, 0.29) is 11.8 Å². The summed E-state index contributed by atoms with van der Waals surface area (Å²) in [7, 11) is 0. The highest BCUT2D eigenvalue weighted by molar-refractivity contribution is 5.91. The van der Waals surface area contributed by atoms with Crippen molar-refractivity contribution < 1.29 is 13.9 Å². The Morgan fingerprint density at radius 2 is 1.88 bits per heavy atom. The minimum Gasteiger partial charge on any atom is -0.492 e. The summed E-state index contributed by atoms with van der Waals surface area (Å²) in [6.45, 7) is 5.95. The maximum absolute atomic E-state index is 13.3. The fourth-order valence-electron chi connectivity index (χ4n) is 3.05. The number of anilines is 1. The number of benzene rings is 2. The standard InChI is InChI=1S/C20H24FN3O2/c1-2-26-19-9-4-3-8-18(19)22-20(25)24-12-10-23(11-13-24)15-16-6-5-7-17(21)14-16/h3-9,14H,2,10-13,15H2,1H3,(H,22,25). The average molecular weight is 357 g/mol. The van der Waals surface area contributed by atoms with Gasteiger partial charge in [0.2, 0.25) is 0 Å². The second-order valence-corrected chi connectivity index (χ2v) is 6.25. The summed E-state index contributed by atoms with van der Waals surface area (Å²) in [6.07, 6.45) is 0. The Hall–Kier alpha value is -2.60. The highest BCUT2D eigenvalue weighted by Gasteiger charge is 2.22. The first-order valence-electron chi connectivity index (χ1n) is 8.90. The van der Waals surface area contributed by atoms with Gasteiger partial charge in [-0.15, -0.1) is 0 Å². The quantitative estimate of drug-likeness (QED) is 0.890. The molecular formula is C20H24FN3O2. The van der Waals surface area contributed by atoms with Crippen LogP contribution in [0.2, 0.25) is 0 Å². The first-order chi connectivity index (χ1) is 12.7. The molecule has 26 heavy (non-hydrogen) atoms. The number of rotatable bonds is 5. The predicted molar refractivity (Wildman–Crippen MR) is 99.9 cm³/mol. The zero-order chi connectivity index (χ0) is 18.4. The smallest absolute Gasteiger partial charge is 0.322 e. The highest BCUT2D eigenvalue weighted by Crippen LogP contribution is 2.24. The normalized spacial score (nSPS) is 14.9. The van der Waals surface area contributed by atoms with Crippen LogP contribution in [0.1, 0.15) is 12.5 Å². The number of para-hydroxylation sites is 2. The SMILES string of the molecule is CCOc1ccccc1NC(=O)N1CCN(Cc2cccc(F)c2)CC1. The van der Waals surface area contributed by atoms with Gasteiger partial charge in [-0.3, -0.25) is 4.90 Å². The number of urea groups is 1. The van der Waals surface area contributed by atoms with Gasteiger partial charge in [0, 0.05) is 32.7 Å². The molecule has 3 rings (SSSR count). The molecule has 2 aromatic carbocycles. The number of carbonyl (C=O) groups is 1. The highest BCUT2D eigenvalue weighted by atomic mass is 19.1. The Labute approximate surface area is 153 Å². The molecule has 1 aliphatic rings. The van der Waals surface area contributed by atoms with E-state index in [4.69, 9.17) is 4.74 Å². The van der Waals surface area contributed by atoms with E-state index in [1.165, 1.54) is 6.07 Å². The molecule has 0 atom stereocenters. The van der Waals surface area contributed by atoms with E-state index >= 15 is 0 Å². The first kappa shape index (κ1) is 18.2. The van der Waals surface area contributed by atoms with Crippen molar-refractivity contribution in [2.24, 2.45) is 0 Å². The molecule has 6 heteroatoms. The topological polar surface area (TPSA) is 44.8 Å². The van der Waals surface area contributed by atoms with Crippen molar-refractivity contribution in [3.63, 3.8) is 0 Å². The number of nitrogens with zero attached hydrogens (tertiary/aromatic N) is 2. The summed E-state index contributed by atoms with van der Waals surface area (Å²) in [6, 6.07) is 14.0. The number of ether oxygens (including phenoxy) is 1. The van der Waals surface area contributed by atoms with Gasteiger partial charge in [-0.2, -0.15) is 0 Å². The molecule has 0 aliphatic carbocycles. The lowest BCUT2D eigenvalue weighted by atomic mass is 10.2. The van der Waals surface area contributed by atoms with Gasteiger partial charge in [0.25, 0.3) is 0 Å². The molecule has 0 bridgehead atoms. The zero-order valence-corrected chi connectivity index (χ0v) is 15.0. The summed E-state index contributed by atoms with van der Waals surface area (Å²) >= 11 is 0. The number of hydrogen-bond donors (Lipinski definition) is 1. The molecule has 138 valence electrons. The van der Waals surface area contributed by atoms with Crippen molar-refractivity contribution in [2.75, 3.05) is 38.1 Å². The van der Waals surface area contributed by atoms with E-state index in [9.17, 15) is 9.18 Å². The van der Waals surface area contributed by atoms with E-state index in [1.54, 1.807) is 17.0 Å². The molecule has 0 radical (unpaired) electrons. The first-order valence-corrected chi connectivity index (χ1v) is 8.90. The maximum Gasteiger partial charge on any atom is 0.322 e. The molecule has 0 unspecified atom stereocenters. The fraction of sp³-hybridized carbons (Fsp3) is 0.350. The van der Waals surface area contributed by atoms with E-state index < -0.39 is 0 Å². The lowest BCUT2D eigenvalue weighted by Crippen LogP contribution is -2.49. The number of piperazine rings is 1. The van der Waals surface area contributed by atoms with Gasteiger partial charge in [0.15, 0.2) is 0 Å². The summed E-state index contributed by atoms with van der Waals surface area (Å²) in [5.74, 6) is 0.460. The molecule has 0 spiro atoms. The Bertz CT molecular complexity index is 745. The third kappa shape index (κ3) is 4.73. The third-order valence-electron chi connectivity index (χ3n) is 4.38. The summed E-state index contributed by atoms with van der Waals surface area (Å²) in [5.41, 5.74) is 1.63. The molecule has 1 saturated heterocycles. The van der Waals surface area contributed by atoms with Crippen LogP contribution >= 0.6 is 0 Å². The third-order valence-corrected chi connectivity index (χ3v) is 4.38. The predicted octanol–water partition coefficient (Wildman–Crippen LogP) is 3.57. The van der Waals surface area contributed by atoms with Crippen LogP contribution in [0.3, 0.4) is 0 Å². The Morgan fingerprint density at radius 3 is 2.62 bits per heavy atom. The van der Waals surface area contributed by atoms with Gasteiger partial charge in [0.05, 0.1) is 12.3 Å². The molecule has 1 aliphatic heterocycles. The molecule has 1 heterocycles. The number of carbonyl (C=O) groups excluding carboxylic acids is 1. The van der Waals surface area contributed by atoms with Gasteiger partial charge in [-0.05, 0) is 36.8 Å². The fourth-order valence-corrected chi connectivity index (χ4v) is 3.05. The number of hydrogen-bond acceptors (Lipinski definition) is 3. The molecule has 2 aromatic rings. The second-order valence-electron chi connectivity index (χ2n) is 6.25. The number of nitrogens with one attached hydrogen (secondary N) is 1. The summed E-state index contributed by atoms with van der Waals surface area (Å²) in [5, 5.41) is 2.93. The van der Waals surface area contributed by atoms with Crippen molar-refractivity contribution in [3.05, 3.63) is 59.9 Å². The van der Waals surface area contributed by atoms with E-state index in [0.29, 0.717) is 37.7 Å². The Morgan fingerprint density at radius 1 is 1.12 bits per heavy atom. The lowest BCUT2D eigenvalue weighted by Gasteiger charge is -2.34. The molecule has 1 fully saturated rings. The lowest BCUT2D eigenvalue weighted by molar-refractivity contribution is 0.143. The van der Waals surface area contributed by atoms with Gasteiger partial charge < -0.3 is 15.0 Å². The largest absolute Gasteiger partial charge is 0.492 e. The second kappa shape index (κ2) is 8.67. The van der Waals surface area contributed by atoms with Crippen molar-refractivity contribution in [2.45, 2.75) is 13.5 Å². The summed E-state index contributed by atoms with van der Waals surface area (Å²) in [4.78, 5) is 16.6. The minimum atomic E-state index is -0.214. The van der Waals surface area contributed by atoms with E-state index in [2.05, 4.69) is 10.2 Å². The van der Waals surface area contributed by atoms with Crippen LogP contribution in [0.5, 0.6) is 5.75 Å². The number of amides is 2. The maximum atomic E-state index is 13.3. The van der Waals surface area contributed by atoms with Crippen LogP contribution in [0.25, 0.3) is 0 Å². The molecule has 2 amide bonds. The van der Waals surface area contributed by atoms with Crippen LogP contribution in [-0.4, -0.2) is 48.6 Å². The van der Waals surface area contributed by atoms with Crippen molar-refractivity contribution in [1.29, 1.82) is 0 Å². The van der Waals surface area contributed by atoms with Crippen molar-refractivity contribution >= 4 is 11.7 Å². The minimum absolute atomic E-state index is 0.123. The van der Waals surface area contributed by atoms with Crippen molar-refractivity contribution in [1.82, 2.24) is 9.80 Å². The van der Waals surface area contributed by atoms with Crippen LogP contribution in [-0.2, 0) is 6.54 Å². The molecule has 0 aromatic heterocycles. The molecular weight excluding hydrogens is 333 g/mol. The van der Waals surface area contributed by atoms with Crippen LogP contribution in [0.15, 0.2) is 48.5 Å². The van der Waals surface area contributed by atoms with Crippen LogP contribution < -0.4 is 10.1 Å². The van der Waals surface area contributed by atoms with Gasteiger partial charge in [-0.25, -0.2) is 9.18 Å². The van der Waals surface area contributed by atoms with E-state index in [0.717, 1.165) is 18.7 Å². The summed E-state index contributed by atoms with van der Waals surface area (Å²) < 4.78 is 18.8. The van der Waals surface area contributed by atoms with Crippen LogP contribution in [0.4, 0.5) is 14.9 Å². The molecule has 5 nitrogen and oxygen atoms in total. The van der Waals surface area contributed by atoms with Gasteiger partial charge >= 0.3 is 6.03 Å². The molecule has 1 N–H and O–H groups in total. The zero-order valence-electron chi connectivity index (χ0n) is 15.0.